The van der Waals surface area contributed by atoms with Gasteiger partial charge < -0.3 is 25.2 Å². The van der Waals surface area contributed by atoms with Crippen molar-refractivity contribution in [2.75, 3.05) is 31.5 Å². The number of benzene rings is 1. The second-order valence-electron chi connectivity index (χ2n) is 12.5. The van der Waals surface area contributed by atoms with E-state index in [4.69, 9.17) is 4.74 Å². The van der Waals surface area contributed by atoms with Crippen molar-refractivity contribution in [2.24, 2.45) is 23.7 Å². The standard InChI is InChI=1S/C32H46N4O4/c1-7-35(8-2)14-15-36-28(30(38)34-24-11-9-10-21(5)22(24)6)32-13-12-25(40-32)26(27(32)31(36)39)29(37)33-23-17-19(3)16-20(4)18-23/h12-13,16-18,21-22,24-28H,7-11,14-15H2,1-6H3,(H,33,37)(H,34,38). The number of carbonyl (C=O) groups excluding carboxylic acids is 3. The Bertz CT molecular complexity index is 1160. The average molecular weight is 551 g/mol. The van der Waals surface area contributed by atoms with Crippen molar-refractivity contribution >= 4 is 23.4 Å². The molecule has 40 heavy (non-hydrogen) atoms. The molecule has 1 spiro atoms. The van der Waals surface area contributed by atoms with Crippen LogP contribution in [0.2, 0.25) is 0 Å². The maximum atomic E-state index is 14.2. The molecule has 8 atom stereocenters. The number of anilines is 1. The third-order valence-corrected chi connectivity index (χ3v) is 10.0. The fourth-order valence-electron chi connectivity index (χ4n) is 7.62. The molecule has 2 bridgehead atoms. The van der Waals surface area contributed by atoms with E-state index < -0.39 is 29.6 Å². The lowest BCUT2D eigenvalue weighted by Crippen LogP contribution is -2.58. The zero-order valence-electron chi connectivity index (χ0n) is 24.9. The molecule has 8 nitrogen and oxygen atoms in total. The first kappa shape index (κ1) is 28.8. The molecule has 8 heteroatoms. The lowest BCUT2D eigenvalue weighted by Gasteiger charge is -2.38. The van der Waals surface area contributed by atoms with Crippen LogP contribution in [0.15, 0.2) is 30.4 Å². The van der Waals surface area contributed by atoms with Gasteiger partial charge in [0.05, 0.1) is 17.9 Å². The number of rotatable bonds is 9. The monoisotopic (exact) mass is 550 g/mol. The Hall–Kier alpha value is -2.71. The molecule has 1 saturated carbocycles. The fourth-order valence-corrected chi connectivity index (χ4v) is 7.62. The summed E-state index contributed by atoms with van der Waals surface area (Å²) in [6, 6.07) is 5.18. The summed E-state index contributed by atoms with van der Waals surface area (Å²) in [5.41, 5.74) is 1.68. The van der Waals surface area contributed by atoms with Crippen LogP contribution in [0.4, 0.5) is 5.69 Å². The molecule has 2 N–H and O–H groups in total. The SMILES string of the molecule is CCN(CC)CCN1C(=O)C2C(C(=O)Nc3cc(C)cc(C)c3)C3C=CC2(O3)C1C(=O)NC1CCCC(C)C1C. The van der Waals surface area contributed by atoms with Gasteiger partial charge in [0.1, 0.15) is 11.6 Å². The van der Waals surface area contributed by atoms with E-state index in [0.29, 0.717) is 30.6 Å². The number of amides is 3. The summed E-state index contributed by atoms with van der Waals surface area (Å²) in [5, 5.41) is 6.38. The number of nitrogens with one attached hydrogen (secondary N) is 2. The van der Waals surface area contributed by atoms with Gasteiger partial charge in [0.2, 0.25) is 17.7 Å². The maximum Gasteiger partial charge on any atom is 0.246 e. The number of likely N-dealkylation sites (tertiary alicyclic amines) is 1. The van der Waals surface area contributed by atoms with Gasteiger partial charge in [-0.15, -0.1) is 0 Å². The Labute approximate surface area is 238 Å². The lowest BCUT2D eigenvalue weighted by molar-refractivity contribution is -0.141. The van der Waals surface area contributed by atoms with Crippen LogP contribution in [0.1, 0.15) is 58.1 Å². The molecular weight excluding hydrogens is 504 g/mol. The van der Waals surface area contributed by atoms with E-state index >= 15 is 0 Å². The minimum Gasteiger partial charge on any atom is -0.359 e. The molecule has 2 saturated heterocycles. The smallest absolute Gasteiger partial charge is 0.246 e. The van der Waals surface area contributed by atoms with Crippen LogP contribution < -0.4 is 10.6 Å². The Morgan fingerprint density at radius 3 is 2.45 bits per heavy atom. The molecule has 4 aliphatic rings. The second kappa shape index (κ2) is 11.3. The summed E-state index contributed by atoms with van der Waals surface area (Å²) in [6.45, 7) is 15.4. The number of aryl methyl sites for hydroxylation is 2. The Morgan fingerprint density at radius 2 is 1.77 bits per heavy atom. The first-order valence-corrected chi connectivity index (χ1v) is 15.2. The number of hydrogen-bond donors (Lipinski definition) is 2. The van der Waals surface area contributed by atoms with Crippen LogP contribution in [0.3, 0.4) is 0 Å². The highest BCUT2D eigenvalue weighted by Crippen LogP contribution is 2.55. The van der Waals surface area contributed by atoms with Crippen molar-refractivity contribution in [2.45, 2.75) is 84.6 Å². The zero-order valence-corrected chi connectivity index (χ0v) is 24.9. The fraction of sp³-hybridized carbons (Fsp3) is 0.656. The van der Waals surface area contributed by atoms with Crippen LogP contribution >= 0.6 is 0 Å². The van der Waals surface area contributed by atoms with Crippen molar-refractivity contribution in [3.05, 3.63) is 41.5 Å². The van der Waals surface area contributed by atoms with E-state index in [1.54, 1.807) is 4.90 Å². The zero-order chi connectivity index (χ0) is 28.8. The van der Waals surface area contributed by atoms with Crippen molar-refractivity contribution in [1.29, 1.82) is 0 Å². The van der Waals surface area contributed by atoms with Crippen molar-refractivity contribution in [3.8, 4) is 0 Å². The number of fused-ring (bicyclic) bond motifs is 1. The Balaban J connectivity index is 1.44. The predicted octanol–water partition coefficient (Wildman–Crippen LogP) is 3.68. The largest absolute Gasteiger partial charge is 0.359 e. The summed E-state index contributed by atoms with van der Waals surface area (Å²) in [4.78, 5) is 46.0. The quantitative estimate of drug-likeness (QED) is 0.458. The number of carbonyl (C=O) groups is 3. The van der Waals surface area contributed by atoms with E-state index in [0.717, 1.165) is 37.1 Å². The van der Waals surface area contributed by atoms with Crippen molar-refractivity contribution in [3.63, 3.8) is 0 Å². The molecule has 0 aromatic heterocycles. The summed E-state index contributed by atoms with van der Waals surface area (Å²) < 4.78 is 6.52. The molecule has 1 aromatic carbocycles. The molecule has 1 aliphatic carbocycles. The van der Waals surface area contributed by atoms with E-state index in [1.165, 1.54) is 6.42 Å². The Kier molecular flexibility index (Phi) is 8.13. The molecular formula is C32H46N4O4. The topological polar surface area (TPSA) is 91.0 Å². The van der Waals surface area contributed by atoms with E-state index in [1.807, 2.05) is 38.1 Å². The summed E-state index contributed by atoms with van der Waals surface area (Å²) in [7, 11) is 0. The van der Waals surface area contributed by atoms with Gasteiger partial charge in [0.15, 0.2) is 0 Å². The summed E-state index contributed by atoms with van der Waals surface area (Å²) in [5.74, 6) is -1.10. The van der Waals surface area contributed by atoms with Gasteiger partial charge in [0.25, 0.3) is 0 Å². The van der Waals surface area contributed by atoms with Gasteiger partial charge in [-0.2, -0.15) is 0 Å². The number of likely N-dealkylation sites (N-methyl/N-ethyl adjacent to an activating group) is 1. The van der Waals surface area contributed by atoms with Crippen molar-refractivity contribution < 1.29 is 19.1 Å². The highest BCUT2D eigenvalue weighted by atomic mass is 16.5. The van der Waals surface area contributed by atoms with Gasteiger partial charge in [-0.25, -0.2) is 0 Å². The van der Waals surface area contributed by atoms with Crippen LogP contribution in [-0.4, -0.2) is 77.5 Å². The van der Waals surface area contributed by atoms with E-state index in [9.17, 15) is 14.4 Å². The van der Waals surface area contributed by atoms with Gasteiger partial charge in [-0.3, -0.25) is 14.4 Å². The van der Waals surface area contributed by atoms with Crippen LogP contribution in [0.5, 0.6) is 0 Å². The first-order valence-electron chi connectivity index (χ1n) is 15.2. The van der Waals surface area contributed by atoms with Crippen LogP contribution in [0.25, 0.3) is 0 Å². The molecule has 3 aliphatic heterocycles. The molecule has 3 heterocycles. The molecule has 1 aromatic rings. The van der Waals surface area contributed by atoms with Gasteiger partial charge in [-0.05, 0) is 68.5 Å². The van der Waals surface area contributed by atoms with E-state index in [2.05, 4.69) is 49.3 Å². The molecule has 8 unspecified atom stereocenters. The predicted molar refractivity (Wildman–Crippen MR) is 156 cm³/mol. The minimum absolute atomic E-state index is 0.0673. The van der Waals surface area contributed by atoms with Gasteiger partial charge in [0, 0.05) is 24.8 Å². The van der Waals surface area contributed by atoms with Gasteiger partial charge in [-0.1, -0.05) is 58.8 Å². The molecule has 3 fully saturated rings. The highest BCUT2D eigenvalue weighted by molar-refractivity contribution is 6.02. The second-order valence-corrected chi connectivity index (χ2v) is 12.5. The van der Waals surface area contributed by atoms with Crippen LogP contribution in [-0.2, 0) is 19.1 Å². The minimum atomic E-state index is -1.14. The molecule has 218 valence electrons. The van der Waals surface area contributed by atoms with Crippen LogP contribution in [0, 0.1) is 37.5 Å². The normalized spacial score (nSPS) is 34.4. The average Bonchev–Trinajstić information content (AvgIpc) is 3.54. The molecule has 0 radical (unpaired) electrons. The summed E-state index contributed by atoms with van der Waals surface area (Å²) >= 11 is 0. The van der Waals surface area contributed by atoms with Gasteiger partial charge >= 0.3 is 0 Å². The summed E-state index contributed by atoms with van der Waals surface area (Å²) in [6.07, 6.45) is 6.44. The third-order valence-electron chi connectivity index (χ3n) is 10.0. The number of hydrogen-bond acceptors (Lipinski definition) is 5. The lowest BCUT2D eigenvalue weighted by atomic mass is 9.73. The molecule has 3 amide bonds. The van der Waals surface area contributed by atoms with Crippen molar-refractivity contribution in [1.82, 2.24) is 15.1 Å². The number of ether oxygens (including phenoxy) is 1. The third kappa shape index (κ3) is 4.98. The van der Waals surface area contributed by atoms with E-state index in [-0.39, 0.29) is 23.8 Å². The first-order chi connectivity index (χ1) is 19.1. The number of nitrogens with zero attached hydrogens (tertiary/aromatic N) is 2. The molecule has 5 rings (SSSR count). The maximum absolute atomic E-state index is 14.2. The highest BCUT2D eigenvalue weighted by Gasteiger charge is 2.72. The Morgan fingerprint density at radius 1 is 1.07 bits per heavy atom.